The van der Waals surface area contributed by atoms with E-state index in [0.29, 0.717) is 5.88 Å². The lowest BCUT2D eigenvalue weighted by molar-refractivity contribution is -0.128. The van der Waals surface area contributed by atoms with E-state index in [1.54, 1.807) is 0 Å². The highest BCUT2D eigenvalue weighted by Gasteiger charge is 2.42. The number of hydrogen-bond acceptors (Lipinski definition) is 2. The quantitative estimate of drug-likeness (QED) is 0.807. The Morgan fingerprint density at radius 2 is 1.84 bits per heavy atom. The van der Waals surface area contributed by atoms with E-state index in [0.717, 1.165) is 6.42 Å². The Labute approximate surface area is 122 Å². The van der Waals surface area contributed by atoms with Gasteiger partial charge >= 0.3 is 0 Å². The summed E-state index contributed by atoms with van der Waals surface area (Å²) in [6.45, 7) is 12.5. The van der Waals surface area contributed by atoms with E-state index in [-0.39, 0.29) is 41.4 Å². The number of hydrogen-bond donors (Lipinski definition) is 1. The minimum atomic E-state index is -0.0600. The van der Waals surface area contributed by atoms with Crippen molar-refractivity contribution in [2.75, 3.05) is 5.88 Å². The maximum atomic E-state index is 12.5. The number of rotatable bonds is 4. The number of carbonyl (C=O) groups is 1. The molecular formula is C15H28ClNO2. The van der Waals surface area contributed by atoms with Gasteiger partial charge in [0.15, 0.2) is 0 Å². The van der Waals surface area contributed by atoms with Crippen LogP contribution >= 0.6 is 11.6 Å². The molecule has 1 N–H and O–H groups in total. The van der Waals surface area contributed by atoms with Gasteiger partial charge in [-0.1, -0.05) is 27.7 Å². The van der Waals surface area contributed by atoms with E-state index in [2.05, 4.69) is 33.0 Å². The van der Waals surface area contributed by atoms with Gasteiger partial charge in [-0.15, -0.1) is 11.6 Å². The molecule has 5 unspecified atom stereocenters. The summed E-state index contributed by atoms with van der Waals surface area (Å²) in [7, 11) is 0. The van der Waals surface area contributed by atoms with E-state index in [9.17, 15) is 4.79 Å². The molecule has 1 aliphatic heterocycles. The molecule has 0 aromatic carbocycles. The normalized spacial score (nSPS) is 33.2. The zero-order valence-corrected chi connectivity index (χ0v) is 13.8. The highest BCUT2D eigenvalue weighted by molar-refractivity contribution is 6.17. The number of nitrogens with one attached hydrogen (secondary N) is 1. The highest BCUT2D eigenvalue weighted by Crippen LogP contribution is 2.33. The zero-order valence-electron chi connectivity index (χ0n) is 13.0. The van der Waals surface area contributed by atoms with E-state index >= 15 is 0 Å². The Morgan fingerprint density at radius 3 is 2.21 bits per heavy atom. The molecular weight excluding hydrogens is 262 g/mol. The average molecular weight is 290 g/mol. The number of alkyl halides is 1. The molecule has 0 saturated carbocycles. The van der Waals surface area contributed by atoms with E-state index < -0.39 is 0 Å². The van der Waals surface area contributed by atoms with Crippen molar-refractivity contribution in [3.63, 3.8) is 0 Å². The lowest BCUT2D eigenvalue weighted by Crippen LogP contribution is -2.48. The molecule has 0 aromatic heterocycles. The van der Waals surface area contributed by atoms with E-state index in [4.69, 9.17) is 16.3 Å². The van der Waals surface area contributed by atoms with Crippen LogP contribution in [0.3, 0.4) is 0 Å². The van der Waals surface area contributed by atoms with Crippen molar-refractivity contribution in [3.05, 3.63) is 0 Å². The van der Waals surface area contributed by atoms with Gasteiger partial charge in [0.1, 0.15) is 0 Å². The minimum Gasteiger partial charge on any atom is -0.374 e. The SMILES string of the molecule is CC1OC(C)C(C(=O)NC(CCCl)C(C)(C)C)C1C. The van der Waals surface area contributed by atoms with Crippen LogP contribution < -0.4 is 5.32 Å². The third-order valence-corrected chi connectivity index (χ3v) is 4.52. The number of ether oxygens (including phenoxy) is 1. The first-order valence-electron chi connectivity index (χ1n) is 7.20. The average Bonchev–Trinajstić information content (AvgIpc) is 2.51. The predicted molar refractivity (Wildman–Crippen MR) is 79.4 cm³/mol. The molecule has 1 aliphatic rings. The van der Waals surface area contributed by atoms with Gasteiger partial charge in [-0.05, 0) is 31.6 Å². The first kappa shape index (κ1) is 16.8. The van der Waals surface area contributed by atoms with Crippen LogP contribution in [0.5, 0.6) is 0 Å². The van der Waals surface area contributed by atoms with Crippen LogP contribution in [0.1, 0.15) is 48.0 Å². The van der Waals surface area contributed by atoms with Gasteiger partial charge in [0.2, 0.25) is 5.91 Å². The molecule has 4 heteroatoms. The van der Waals surface area contributed by atoms with Gasteiger partial charge in [0, 0.05) is 11.9 Å². The van der Waals surface area contributed by atoms with Crippen molar-refractivity contribution in [3.8, 4) is 0 Å². The Hall–Kier alpha value is -0.280. The zero-order chi connectivity index (χ0) is 14.8. The molecule has 0 bridgehead atoms. The van der Waals surface area contributed by atoms with E-state index in [1.165, 1.54) is 0 Å². The van der Waals surface area contributed by atoms with Crippen molar-refractivity contribution in [1.82, 2.24) is 5.32 Å². The largest absolute Gasteiger partial charge is 0.374 e. The number of amides is 1. The molecule has 19 heavy (non-hydrogen) atoms. The topological polar surface area (TPSA) is 38.3 Å². The molecule has 1 amide bonds. The van der Waals surface area contributed by atoms with Crippen molar-refractivity contribution in [1.29, 1.82) is 0 Å². The van der Waals surface area contributed by atoms with Crippen molar-refractivity contribution >= 4 is 17.5 Å². The van der Waals surface area contributed by atoms with Gasteiger partial charge in [-0.2, -0.15) is 0 Å². The Morgan fingerprint density at radius 1 is 1.26 bits per heavy atom. The summed E-state index contributed by atoms with van der Waals surface area (Å²) in [5, 5.41) is 3.18. The summed E-state index contributed by atoms with van der Waals surface area (Å²) in [4.78, 5) is 12.5. The van der Waals surface area contributed by atoms with Crippen LogP contribution in [-0.4, -0.2) is 30.0 Å². The van der Waals surface area contributed by atoms with E-state index in [1.807, 2.05) is 13.8 Å². The van der Waals surface area contributed by atoms with Gasteiger partial charge in [0.05, 0.1) is 18.1 Å². The molecule has 0 aliphatic carbocycles. The standard InChI is InChI=1S/C15H28ClNO2/c1-9-10(2)19-11(3)13(9)14(18)17-12(7-8-16)15(4,5)6/h9-13H,7-8H2,1-6H3,(H,17,18). The molecule has 1 fully saturated rings. The lowest BCUT2D eigenvalue weighted by atomic mass is 9.83. The Balaban J connectivity index is 2.72. The maximum Gasteiger partial charge on any atom is 0.226 e. The van der Waals surface area contributed by atoms with Crippen LogP contribution in [0.25, 0.3) is 0 Å². The van der Waals surface area contributed by atoms with Gasteiger partial charge in [-0.3, -0.25) is 4.79 Å². The van der Waals surface area contributed by atoms with Gasteiger partial charge in [0.25, 0.3) is 0 Å². The third kappa shape index (κ3) is 4.09. The molecule has 5 atom stereocenters. The predicted octanol–water partition coefficient (Wildman–Crippen LogP) is 3.21. The molecule has 112 valence electrons. The summed E-state index contributed by atoms with van der Waals surface area (Å²) in [6, 6.07) is 0.104. The first-order valence-corrected chi connectivity index (χ1v) is 7.73. The second-order valence-electron chi connectivity index (χ2n) is 6.84. The van der Waals surface area contributed by atoms with Crippen LogP contribution in [0.2, 0.25) is 0 Å². The summed E-state index contributed by atoms with van der Waals surface area (Å²) >= 11 is 5.85. The summed E-state index contributed by atoms with van der Waals surface area (Å²) in [6.07, 6.45) is 0.927. The fourth-order valence-corrected chi connectivity index (χ4v) is 3.04. The van der Waals surface area contributed by atoms with Crippen LogP contribution in [0, 0.1) is 17.3 Å². The van der Waals surface area contributed by atoms with Crippen LogP contribution in [0.15, 0.2) is 0 Å². The fourth-order valence-electron chi connectivity index (χ4n) is 2.82. The third-order valence-electron chi connectivity index (χ3n) is 4.30. The Kier molecular flexibility index (Phi) is 5.69. The summed E-state index contributed by atoms with van der Waals surface area (Å²) < 4.78 is 5.75. The molecule has 0 aromatic rings. The smallest absolute Gasteiger partial charge is 0.226 e. The molecule has 0 spiro atoms. The Bertz CT molecular complexity index is 314. The van der Waals surface area contributed by atoms with Gasteiger partial charge < -0.3 is 10.1 Å². The minimum absolute atomic E-state index is 0.0124. The monoisotopic (exact) mass is 289 g/mol. The summed E-state index contributed by atoms with van der Waals surface area (Å²) in [5.74, 6) is 0.862. The van der Waals surface area contributed by atoms with Crippen molar-refractivity contribution in [2.45, 2.75) is 66.2 Å². The van der Waals surface area contributed by atoms with Crippen molar-refractivity contribution < 1.29 is 9.53 Å². The summed E-state index contributed by atoms with van der Waals surface area (Å²) in [5.41, 5.74) is 0.0160. The lowest BCUT2D eigenvalue weighted by Gasteiger charge is -2.33. The van der Waals surface area contributed by atoms with Crippen molar-refractivity contribution in [2.24, 2.45) is 17.3 Å². The van der Waals surface area contributed by atoms with Gasteiger partial charge in [-0.25, -0.2) is 0 Å². The molecule has 1 rings (SSSR count). The van der Waals surface area contributed by atoms with Crippen LogP contribution in [-0.2, 0) is 9.53 Å². The number of halogens is 1. The van der Waals surface area contributed by atoms with Crippen LogP contribution in [0.4, 0.5) is 0 Å². The molecule has 1 heterocycles. The number of carbonyl (C=O) groups excluding carboxylic acids is 1. The highest BCUT2D eigenvalue weighted by atomic mass is 35.5. The molecule has 1 saturated heterocycles. The second-order valence-corrected chi connectivity index (χ2v) is 7.21. The molecule has 3 nitrogen and oxygen atoms in total. The fraction of sp³-hybridized carbons (Fsp3) is 0.933. The first-order chi connectivity index (χ1) is 8.68. The second kappa shape index (κ2) is 6.45. The molecule has 0 radical (unpaired) electrons. The maximum absolute atomic E-state index is 12.5.